The summed E-state index contributed by atoms with van der Waals surface area (Å²) in [7, 11) is 0. The van der Waals surface area contributed by atoms with Crippen molar-refractivity contribution in [2.24, 2.45) is 11.3 Å². The lowest BCUT2D eigenvalue weighted by atomic mass is 9.82. The third-order valence-electron chi connectivity index (χ3n) is 4.19. The van der Waals surface area contributed by atoms with Gasteiger partial charge in [-0.05, 0) is 38.0 Å². The molecule has 0 heterocycles. The molecule has 1 aliphatic carbocycles. The topological polar surface area (TPSA) is 49.3 Å². The first kappa shape index (κ1) is 14.5. The summed E-state index contributed by atoms with van der Waals surface area (Å²) in [6, 6.07) is 0. The highest BCUT2D eigenvalue weighted by atomic mass is 16.3. The molecule has 1 amide bonds. The first-order valence-electron chi connectivity index (χ1n) is 7.04. The maximum atomic E-state index is 12.2. The molecule has 1 fully saturated rings. The van der Waals surface area contributed by atoms with E-state index in [1.165, 1.54) is 12.8 Å². The second kappa shape index (κ2) is 7.00. The average molecular weight is 241 g/mol. The zero-order chi connectivity index (χ0) is 12.7. The number of aliphatic hydroxyl groups excluding tert-OH is 1. The number of aliphatic hydroxyl groups is 1. The summed E-state index contributed by atoms with van der Waals surface area (Å²) in [5.41, 5.74) is -0.0669. The Morgan fingerprint density at radius 3 is 2.59 bits per heavy atom. The van der Waals surface area contributed by atoms with Gasteiger partial charge in [0.15, 0.2) is 0 Å². The average Bonchev–Trinajstić information content (AvgIpc) is 2.83. The number of hydrogen-bond acceptors (Lipinski definition) is 2. The number of carbonyl (C=O) groups excluding carboxylic acids is 1. The van der Waals surface area contributed by atoms with Gasteiger partial charge >= 0.3 is 0 Å². The lowest BCUT2D eigenvalue weighted by molar-refractivity contribution is -0.131. The molecule has 100 valence electrons. The van der Waals surface area contributed by atoms with Gasteiger partial charge in [0.2, 0.25) is 5.91 Å². The van der Waals surface area contributed by atoms with Crippen molar-refractivity contribution in [1.29, 1.82) is 0 Å². The van der Waals surface area contributed by atoms with Gasteiger partial charge < -0.3 is 10.4 Å². The molecule has 1 atom stereocenters. The summed E-state index contributed by atoms with van der Waals surface area (Å²) in [4.78, 5) is 12.2. The van der Waals surface area contributed by atoms with Gasteiger partial charge in [0, 0.05) is 18.6 Å². The SMILES string of the molecule is CCC1(C(=O)NCCCC(C)CO)CCCC1. The lowest BCUT2D eigenvalue weighted by Crippen LogP contribution is -2.39. The van der Waals surface area contributed by atoms with Crippen LogP contribution in [0, 0.1) is 11.3 Å². The minimum Gasteiger partial charge on any atom is -0.396 e. The smallest absolute Gasteiger partial charge is 0.226 e. The highest BCUT2D eigenvalue weighted by Gasteiger charge is 2.38. The minimum absolute atomic E-state index is 0.0669. The van der Waals surface area contributed by atoms with E-state index in [0.717, 1.165) is 38.6 Å². The number of carbonyl (C=O) groups is 1. The summed E-state index contributed by atoms with van der Waals surface area (Å²) in [6.07, 6.45) is 7.42. The Bertz CT molecular complexity index is 234. The van der Waals surface area contributed by atoms with E-state index in [1.54, 1.807) is 0 Å². The molecule has 0 saturated heterocycles. The molecular weight excluding hydrogens is 214 g/mol. The number of nitrogens with one attached hydrogen (secondary N) is 1. The van der Waals surface area contributed by atoms with Crippen LogP contribution in [0.3, 0.4) is 0 Å². The first-order chi connectivity index (χ1) is 8.14. The number of amides is 1. The van der Waals surface area contributed by atoms with E-state index >= 15 is 0 Å². The third-order valence-corrected chi connectivity index (χ3v) is 4.19. The molecule has 1 rings (SSSR count). The molecule has 1 saturated carbocycles. The predicted octanol–water partition coefficient (Wildman–Crippen LogP) is 2.48. The highest BCUT2D eigenvalue weighted by molar-refractivity contribution is 5.82. The summed E-state index contributed by atoms with van der Waals surface area (Å²) in [6.45, 7) is 5.16. The summed E-state index contributed by atoms with van der Waals surface area (Å²) in [5.74, 6) is 0.604. The lowest BCUT2D eigenvalue weighted by Gasteiger charge is -2.26. The fourth-order valence-corrected chi connectivity index (χ4v) is 2.72. The largest absolute Gasteiger partial charge is 0.396 e. The number of rotatable bonds is 7. The Morgan fingerprint density at radius 2 is 2.06 bits per heavy atom. The van der Waals surface area contributed by atoms with Gasteiger partial charge in [-0.3, -0.25) is 4.79 Å². The van der Waals surface area contributed by atoms with E-state index in [9.17, 15) is 4.79 Å². The highest BCUT2D eigenvalue weighted by Crippen LogP contribution is 2.41. The van der Waals surface area contributed by atoms with E-state index in [2.05, 4.69) is 12.2 Å². The van der Waals surface area contributed by atoms with E-state index < -0.39 is 0 Å². The Morgan fingerprint density at radius 1 is 1.41 bits per heavy atom. The van der Waals surface area contributed by atoms with Crippen molar-refractivity contribution >= 4 is 5.91 Å². The molecule has 0 aromatic carbocycles. The van der Waals surface area contributed by atoms with Gasteiger partial charge in [-0.1, -0.05) is 26.7 Å². The van der Waals surface area contributed by atoms with Crippen LogP contribution >= 0.6 is 0 Å². The summed E-state index contributed by atoms with van der Waals surface area (Å²) >= 11 is 0. The quantitative estimate of drug-likeness (QED) is 0.673. The zero-order valence-electron chi connectivity index (χ0n) is 11.3. The van der Waals surface area contributed by atoms with Crippen LogP contribution in [-0.4, -0.2) is 24.2 Å². The normalized spacial score (nSPS) is 20.2. The molecule has 3 nitrogen and oxygen atoms in total. The maximum Gasteiger partial charge on any atom is 0.226 e. The van der Waals surface area contributed by atoms with E-state index in [4.69, 9.17) is 5.11 Å². The van der Waals surface area contributed by atoms with Gasteiger partial charge in [-0.25, -0.2) is 0 Å². The maximum absolute atomic E-state index is 12.2. The van der Waals surface area contributed by atoms with Gasteiger partial charge in [0.25, 0.3) is 0 Å². The van der Waals surface area contributed by atoms with Crippen LogP contribution in [0.5, 0.6) is 0 Å². The van der Waals surface area contributed by atoms with Gasteiger partial charge in [0.05, 0.1) is 0 Å². The van der Waals surface area contributed by atoms with Crippen LogP contribution < -0.4 is 5.32 Å². The van der Waals surface area contributed by atoms with E-state index in [0.29, 0.717) is 5.92 Å². The predicted molar refractivity (Wildman–Crippen MR) is 69.7 cm³/mol. The van der Waals surface area contributed by atoms with Crippen molar-refractivity contribution in [3.63, 3.8) is 0 Å². The fourth-order valence-electron chi connectivity index (χ4n) is 2.72. The monoisotopic (exact) mass is 241 g/mol. The Labute approximate surface area is 105 Å². The second-order valence-electron chi connectivity index (χ2n) is 5.53. The van der Waals surface area contributed by atoms with Crippen LogP contribution in [0.1, 0.15) is 58.8 Å². The van der Waals surface area contributed by atoms with E-state index in [1.807, 2.05) is 6.92 Å². The Balaban J connectivity index is 2.24. The summed E-state index contributed by atoms with van der Waals surface area (Å²) < 4.78 is 0. The molecule has 0 bridgehead atoms. The minimum atomic E-state index is -0.0669. The fraction of sp³-hybridized carbons (Fsp3) is 0.929. The molecule has 0 aromatic heterocycles. The molecule has 3 heteroatoms. The van der Waals surface area contributed by atoms with Gasteiger partial charge in [-0.15, -0.1) is 0 Å². The number of hydrogen-bond donors (Lipinski definition) is 2. The van der Waals surface area contributed by atoms with Crippen LogP contribution in [0.4, 0.5) is 0 Å². The van der Waals surface area contributed by atoms with Gasteiger partial charge in [-0.2, -0.15) is 0 Å². The van der Waals surface area contributed by atoms with Crippen molar-refractivity contribution < 1.29 is 9.90 Å². The molecule has 0 radical (unpaired) electrons. The third kappa shape index (κ3) is 3.98. The van der Waals surface area contributed by atoms with Crippen molar-refractivity contribution in [1.82, 2.24) is 5.32 Å². The van der Waals surface area contributed by atoms with Crippen molar-refractivity contribution in [2.75, 3.05) is 13.2 Å². The van der Waals surface area contributed by atoms with E-state index in [-0.39, 0.29) is 17.9 Å². The van der Waals surface area contributed by atoms with Crippen molar-refractivity contribution in [2.45, 2.75) is 58.8 Å². The standard InChI is InChI=1S/C14H27NO2/c1-3-14(8-4-5-9-14)13(17)15-10-6-7-12(2)11-16/h12,16H,3-11H2,1-2H3,(H,15,17). The van der Waals surface area contributed by atoms with Crippen LogP contribution in [-0.2, 0) is 4.79 Å². The molecular formula is C14H27NO2. The molecule has 0 spiro atoms. The molecule has 2 N–H and O–H groups in total. The van der Waals surface area contributed by atoms with Crippen molar-refractivity contribution in [3.05, 3.63) is 0 Å². The Hall–Kier alpha value is -0.570. The van der Waals surface area contributed by atoms with Crippen LogP contribution in [0.2, 0.25) is 0 Å². The molecule has 0 aromatic rings. The second-order valence-corrected chi connectivity index (χ2v) is 5.53. The molecule has 1 unspecified atom stereocenters. The first-order valence-corrected chi connectivity index (χ1v) is 7.04. The zero-order valence-corrected chi connectivity index (χ0v) is 11.3. The molecule has 17 heavy (non-hydrogen) atoms. The van der Waals surface area contributed by atoms with Gasteiger partial charge in [0.1, 0.15) is 0 Å². The van der Waals surface area contributed by atoms with Crippen LogP contribution in [0.15, 0.2) is 0 Å². The molecule has 1 aliphatic rings. The molecule has 0 aliphatic heterocycles. The Kier molecular flexibility index (Phi) is 5.96. The van der Waals surface area contributed by atoms with Crippen LogP contribution in [0.25, 0.3) is 0 Å². The summed E-state index contributed by atoms with van der Waals surface area (Å²) in [5, 5.41) is 12.0. The van der Waals surface area contributed by atoms with Crippen molar-refractivity contribution in [3.8, 4) is 0 Å².